The molecular formula is C13H17NO4. The molecule has 0 aliphatic carbocycles. The molecule has 0 fully saturated rings. The summed E-state index contributed by atoms with van der Waals surface area (Å²) in [6.45, 7) is 6.96. The molecule has 0 atom stereocenters. The zero-order valence-electron chi connectivity index (χ0n) is 10.9. The molecule has 5 nitrogen and oxygen atoms in total. The topological polar surface area (TPSA) is 75.6 Å². The molecule has 1 amide bonds. The zero-order valence-corrected chi connectivity index (χ0v) is 10.9. The van der Waals surface area contributed by atoms with Gasteiger partial charge in [-0.1, -0.05) is 6.07 Å². The molecule has 0 radical (unpaired) electrons. The highest BCUT2D eigenvalue weighted by molar-refractivity contribution is 5.92. The number of carboxylic acid groups (broad SMARTS) is 1. The highest BCUT2D eigenvalue weighted by Crippen LogP contribution is 2.16. The van der Waals surface area contributed by atoms with Gasteiger partial charge < -0.3 is 9.84 Å². The molecular weight excluding hydrogens is 234 g/mol. The Hall–Kier alpha value is -2.04. The third-order valence-electron chi connectivity index (χ3n) is 2.11. The van der Waals surface area contributed by atoms with Crippen molar-refractivity contribution in [2.45, 2.75) is 33.3 Å². The first-order chi connectivity index (χ1) is 8.19. The average Bonchev–Trinajstić information content (AvgIpc) is 2.17. The van der Waals surface area contributed by atoms with Crippen molar-refractivity contribution in [2.75, 3.05) is 5.32 Å². The number of benzene rings is 1. The van der Waals surface area contributed by atoms with Crippen molar-refractivity contribution < 1.29 is 19.4 Å². The van der Waals surface area contributed by atoms with Crippen LogP contribution in [0, 0.1) is 6.92 Å². The van der Waals surface area contributed by atoms with Gasteiger partial charge in [-0.3, -0.25) is 5.32 Å². The molecule has 0 spiro atoms. The Kier molecular flexibility index (Phi) is 3.96. The maximum absolute atomic E-state index is 11.5. The molecule has 5 heteroatoms. The number of aromatic carboxylic acids is 1. The lowest BCUT2D eigenvalue weighted by Crippen LogP contribution is -2.27. The van der Waals surface area contributed by atoms with Crippen LogP contribution in [0.15, 0.2) is 18.2 Å². The summed E-state index contributed by atoms with van der Waals surface area (Å²) in [5.41, 5.74) is 0.595. The van der Waals surface area contributed by atoms with Gasteiger partial charge in [0, 0.05) is 5.69 Å². The summed E-state index contributed by atoms with van der Waals surface area (Å²) in [5.74, 6) is -1.03. The molecule has 0 heterocycles. The van der Waals surface area contributed by atoms with Crippen LogP contribution < -0.4 is 5.32 Å². The van der Waals surface area contributed by atoms with Crippen LogP contribution in [0.25, 0.3) is 0 Å². The van der Waals surface area contributed by atoms with Crippen molar-refractivity contribution in [3.8, 4) is 0 Å². The fourth-order valence-electron chi connectivity index (χ4n) is 1.35. The number of carbonyl (C=O) groups is 2. The molecule has 1 aromatic rings. The van der Waals surface area contributed by atoms with E-state index in [1.54, 1.807) is 39.8 Å². The number of rotatable bonds is 2. The van der Waals surface area contributed by atoms with Crippen molar-refractivity contribution in [2.24, 2.45) is 0 Å². The minimum Gasteiger partial charge on any atom is -0.478 e. The molecule has 0 aliphatic rings. The van der Waals surface area contributed by atoms with Crippen LogP contribution in [0.3, 0.4) is 0 Å². The Morgan fingerprint density at radius 3 is 2.39 bits per heavy atom. The normalized spacial score (nSPS) is 10.9. The molecule has 0 aromatic heterocycles. The van der Waals surface area contributed by atoms with Crippen LogP contribution in [-0.4, -0.2) is 22.8 Å². The summed E-state index contributed by atoms with van der Waals surface area (Å²) in [7, 11) is 0. The summed E-state index contributed by atoms with van der Waals surface area (Å²) >= 11 is 0. The number of ether oxygens (including phenoxy) is 1. The quantitative estimate of drug-likeness (QED) is 0.847. The van der Waals surface area contributed by atoms with Crippen LogP contribution in [0.1, 0.15) is 36.7 Å². The molecule has 0 unspecified atom stereocenters. The van der Waals surface area contributed by atoms with Gasteiger partial charge in [-0.05, 0) is 45.4 Å². The van der Waals surface area contributed by atoms with E-state index >= 15 is 0 Å². The predicted molar refractivity (Wildman–Crippen MR) is 68.0 cm³/mol. The van der Waals surface area contributed by atoms with Gasteiger partial charge >= 0.3 is 12.1 Å². The van der Waals surface area contributed by atoms with Gasteiger partial charge in [-0.2, -0.15) is 0 Å². The summed E-state index contributed by atoms with van der Waals surface area (Å²) in [4.78, 5) is 22.5. The second-order valence-electron chi connectivity index (χ2n) is 4.96. The van der Waals surface area contributed by atoms with Crippen molar-refractivity contribution >= 4 is 17.7 Å². The molecule has 98 valence electrons. The molecule has 0 saturated heterocycles. The van der Waals surface area contributed by atoms with Crippen LogP contribution in [0.5, 0.6) is 0 Å². The molecule has 0 aliphatic heterocycles. The fraction of sp³-hybridized carbons (Fsp3) is 0.385. The van der Waals surface area contributed by atoms with Gasteiger partial charge in [0.25, 0.3) is 0 Å². The number of anilines is 1. The maximum atomic E-state index is 11.5. The number of hydrogen-bond acceptors (Lipinski definition) is 3. The third kappa shape index (κ3) is 4.08. The number of carboxylic acids is 1. The minimum absolute atomic E-state index is 0.156. The van der Waals surface area contributed by atoms with Crippen molar-refractivity contribution in [3.05, 3.63) is 29.3 Å². The van der Waals surface area contributed by atoms with Crippen molar-refractivity contribution in [1.82, 2.24) is 0 Å². The smallest absolute Gasteiger partial charge is 0.412 e. The SMILES string of the molecule is Cc1ccc(NC(=O)OC(C)(C)C)cc1C(=O)O. The fourth-order valence-corrected chi connectivity index (χ4v) is 1.35. The standard InChI is InChI=1S/C13H17NO4/c1-8-5-6-9(7-10(8)11(15)16)14-12(17)18-13(2,3)4/h5-7H,1-4H3,(H,14,17)(H,15,16). The number of aryl methyl sites for hydroxylation is 1. The van der Waals surface area contributed by atoms with E-state index in [0.717, 1.165) is 0 Å². The summed E-state index contributed by atoms with van der Waals surface area (Å²) in [5, 5.41) is 11.5. The Balaban J connectivity index is 2.83. The lowest BCUT2D eigenvalue weighted by atomic mass is 10.1. The number of carbonyl (C=O) groups excluding carboxylic acids is 1. The van der Waals surface area contributed by atoms with Crippen LogP contribution in [0.4, 0.5) is 10.5 Å². The monoisotopic (exact) mass is 251 g/mol. The van der Waals surface area contributed by atoms with Gasteiger partial charge in [-0.15, -0.1) is 0 Å². The van der Waals surface area contributed by atoms with Gasteiger partial charge in [0.05, 0.1) is 5.56 Å². The molecule has 0 saturated carbocycles. The van der Waals surface area contributed by atoms with E-state index in [-0.39, 0.29) is 5.56 Å². The molecule has 2 N–H and O–H groups in total. The van der Waals surface area contributed by atoms with E-state index in [9.17, 15) is 9.59 Å². The Labute approximate surface area is 106 Å². The summed E-state index contributed by atoms with van der Waals surface area (Å²) < 4.78 is 5.07. The second kappa shape index (κ2) is 5.08. The van der Waals surface area contributed by atoms with E-state index in [1.165, 1.54) is 6.07 Å². The molecule has 0 bridgehead atoms. The highest BCUT2D eigenvalue weighted by Gasteiger charge is 2.17. The molecule has 1 aromatic carbocycles. The first-order valence-electron chi connectivity index (χ1n) is 5.53. The first-order valence-corrected chi connectivity index (χ1v) is 5.53. The maximum Gasteiger partial charge on any atom is 0.412 e. The third-order valence-corrected chi connectivity index (χ3v) is 2.11. The Bertz CT molecular complexity index is 474. The molecule has 1 rings (SSSR count). The van der Waals surface area contributed by atoms with E-state index in [0.29, 0.717) is 11.3 Å². The summed E-state index contributed by atoms with van der Waals surface area (Å²) in [6, 6.07) is 4.67. The first kappa shape index (κ1) is 14.0. The second-order valence-corrected chi connectivity index (χ2v) is 4.96. The van der Waals surface area contributed by atoms with Gasteiger partial charge in [0.2, 0.25) is 0 Å². The summed E-state index contributed by atoms with van der Waals surface area (Å²) in [6.07, 6.45) is -0.609. The van der Waals surface area contributed by atoms with Crippen molar-refractivity contribution in [1.29, 1.82) is 0 Å². The lowest BCUT2D eigenvalue weighted by Gasteiger charge is -2.19. The zero-order chi connectivity index (χ0) is 13.9. The largest absolute Gasteiger partial charge is 0.478 e. The Morgan fingerprint density at radius 1 is 1.28 bits per heavy atom. The molecule has 18 heavy (non-hydrogen) atoms. The van der Waals surface area contributed by atoms with E-state index < -0.39 is 17.7 Å². The van der Waals surface area contributed by atoms with Gasteiger partial charge in [0.1, 0.15) is 5.60 Å². The van der Waals surface area contributed by atoms with E-state index in [1.807, 2.05) is 0 Å². The van der Waals surface area contributed by atoms with Crippen LogP contribution >= 0.6 is 0 Å². The van der Waals surface area contributed by atoms with E-state index in [4.69, 9.17) is 9.84 Å². The number of amides is 1. The highest BCUT2D eigenvalue weighted by atomic mass is 16.6. The lowest BCUT2D eigenvalue weighted by molar-refractivity contribution is 0.0632. The van der Waals surface area contributed by atoms with Crippen LogP contribution in [-0.2, 0) is 4.74 Å². The Morgan fingerprint density at radius 2 is 1.89 bits per heavy atom. The predicted octanol–water partition coefficient (Wildman–Crippen LogP) is 3.04. The van der Waals surface area contributed by atoms with Gasteiger partial charge in [-0.25, -0.2) is 9.59 Å². The number of nitrogens with one attached hydrogen (secondary N) is 1. The van der Waals surface area contributed by atoms with Crippen molar-refractivity contribution in [3.63, 3.8) is 0 Å². The average molecular weight is 251 g/mol. The minimum atomic E-state index is -1.03. The van der Waals surface area contributed by atoms with Gasteiger partial charge in [0.15, 0.2) is 0 Å². The number of hydrogen-bond donors (Lipinski definition) is 2. The van der Waals surface area contributed by atoms with E-state index in [2.05, 4.69) is 5.32 Å². The van der Waals surface area contributed by atoms with Crippen LogP contribution in [0.2, 0.25) is 0 Å².